The molecule has 0 bridgehead atoms. The van der Waals surface area contributed by atoms with E-state index >= 15 is 0 Å². The molecule has 0 aromatic heterocycles. The first-order valence-electron chi connectivity index (χ1n) is 43.0. The third-order valence-corrected chi connectivity index (χ3v) is 21.0. The van der Waals surface area contributed by atoms with Gasteiger partial charge in [-0.05, 0) is 217 Å². The lowest BCUT2D eigenvalue weighted by Crippen LogP contribution is -2.26. The van der Waals surface area contributed by atoms with E-state index in [2.05, 4.69) is 289 Å². The van der Waals surface area contributed by atoms with Crippen LogP contribution in [0.2, 0.25) is 0 Å². The van der Waals surface area contributed by atoms with E-state index in [1.54, 1.807) is 98.6 Å². The molecule has 0 saturated carbocycles. The number of allylic oxidation sites excluding steroid dienone is 40. The fourth-order valence-electron chi connectivity index (χ4n) is 12.9. The van der Waals surface area contributed by atoms with E-state index in [9.17, 15) is 4.79 Å². The molecule has 7 atom stereocenters. The van der Waals surface area contributed by atoms with Crippen LogP contribution >= 0.6 is 0 Å². The maximum Gasteiger partial charge on any atom is 0.331 e. The van der Waals surface area contributed by atoms with Gasteiger partial charge in [0.25, 0.3) is 0 Å². The molecule has 3 aromatic rings. The first-order valence-corrected chi connectivity index (χ1v) is 43.0. The maximum absolute atomic E-state index is 10.5. The van der Waals surface area contributed by atoms with Crippen molar-refractivity contribution in [1.29, 1.82) is 0 Å². The summed E-state index contributed by atoms with van der Waals surface area (Å²) in [5, 5.41) is 79.6. The van der Waals surface area contributed by atoms with Gasteiger partial charge in [-0.2, -0.15) is 0 Å². The van der Waals surface area contributed by atoms with Crippen molar-refractivity contribution < 1.29 is 55.5 Å². The zero-order valence-corrected chi connectivity index (χ0v) is 74.0. The van der Waals surface area contributed by atoms with Crippen molar-refractivity contribution in [1.82, 2.24) is 0 Å². The van der Waals surface area contributed by atoms with Gasteiger partial charge in [-0.3, -0.25) is 0 Å². The molecule has 11 heteroatoms. The van der Waals surface area contributed by atoms with E-state index in [1.807, 2.05) is 18.2 Å². The van der Waals surface area contributed by atoms with Crippen LogP contribution in [0.5, 0.6) is 0 Å². The number of carboxylic acid groups (broad SMARTS) is 1. The second kappa shape index (κ2) is 58.4. The molecule has 0 saturated heterocycles. The van der Waals surface area contributed by atoms with Gasteiger partial charge < -0.3 is 50.7 Å². The van der Waals surface area contributed by atoms with Crippen molar-refractivity contribution in [2.75, 3.05) is 7.11 Å². The second-order valence-corrected chi connectivity index (χ2v) is 32.7. The molecule has 3 aromatic carbocycles. The number of aliphatic hydroxyl groups is 8. The zero-order chi connectivity index (χ0) is 88.0. The van der Waals surface area contributed by atoms with Crippen molar-refractivity contribution in [2.24, 2.45) is 35.0 Å². The number of rotatable bonds is 9. The van der Waals surface area contributed by atoms with Gasteiger partial charge in [0.1, 0.15) is 24.4 Å². The monoisotopic (exact) mass is 1630 g/mol. The number of aliphatic carboxylic acids is 1. The molecule has 12 aliphatic rings. The van der Waals surface area contributed by atoms with Crippen LogP contribution in [-0.2, 0) is 9.53 Å². The SMILES string of the molecule is C1=C(c2ccccc2)C=C(c2ccccc2)CC1c1ccccc1.C1=CCCC=C1.C=CC1C=C(O)C(O)=CC1.CC(C)C1=CC=C(C(=O)O)CC1.CC1(C)C=CC=CC1.CC1=CC=C(C(C)C)CC1.CC1=CC=CC(O)C1O.CC1=CCC(C(C)C)C=C1.CC1=CCCC=C1.COC1=CC=CCC1.OC1=CCCC=C1O.OC1C=CC=CC1O. The molecule has 0 amide bonds. The van der Waals surface area contributed by atoms with E-state index in [1.165, 1.54) is 101 Å². The molecular weight excluding hydrogens is 1490 g/mol. The van der Waals surface area contributed by atoms with E-state index < -0.39 is 30.4 Å². The summed E-state index contributed by atoms with van der Waals surface area (Å²) in [6, 6.07) is 32.2. The van der Waals surface area contributed by atoms with Crippen molar-refractivity contribution in [2.45, 2.75) is 216 Å². The highest BCUT2D eigenvalue weighted by Crippen LogP contribution is 2.39. The van der Waals surface area contributed by atoms with Crippen molar-refractivity contribution in [3.63, 3.8) is 0 Å². The van der Waals surface area contributed by atoms with Crippen molar-refractivity contribution in [3.8, 4) is 0 Å². The summed E-state index contributed by atoms with van der Waals surface area (Å²) in [7, 11) is 1.71. The predicted molar refractivity (Wildman–Crippen MR) is 508 cm³/mol. The van der Waals surface area contributed by atoms with Gasteiger partial charge in [-0.15, -0.1) is 6.58 Å². The third-order valence-electron chi connectivity index (χ3n) is 21.0. The fraction of sp³-hybridized carbons (Fsp3) is 0.367. The lowest BCUT2D eigenvalue weighted by Gasteiger charge is -2.23. The highest BCUT2D eigenvalue weighted by atomic mass is 16.5. The average Bonchev–Trinajstić information content (AvgIpc) is 0.804. The summed E-state index contributed by atoms with van der Waals surface area (Å²) >= 11 is 0. The predicted octanol–water partition coefficient (Wildman–Crippen LogP) is 27.6. The molecule has 120 heavy (non-hydrogen) atoms. The van der Waals surface area contributed by atoms with Gasteiger partial charge in [-0.1, -0.05) is 357 Å². The van der Waals surface area contributed by atoms with Gasteiger partial charge >= 0.3 is 5.97 Å². The first-order chi connectivity index (χ1) is 57.5. The van der Waals surface area contributed by atoms with Gasteiger partial charge in [0.15, 0.2) is 23.0 Å². The van der Waals surface area contributed by atoms with E-state index in [0.717, 1.165) is 74.0 Å². The topological polar surface area (TPSA) is 208 Å². The lowest BCUT2D eigenvalue weighted by molar-refractivity contribution is -0.132. The van der Waals surface area contributed by atoms with Crippen molar-refractivity contribution >= 4 is 17.1 Å². The lowest BCUT2D eigenvalue weighted by atomic mass is 9.81. The van der Waals surface area contributed by atoms with E-state index in [-0.39, 0.29) is 29.0 Å². The van der Waals surface area contributed by atoms with Gasteiger partial charge in [0.2, 0.25) is 0 Å². The molecule has 0 spiro atoms. The summed E-state index contributed by atoms with van der Waals surface area (Å²) in [4.78, 5) is 10.5. The number of carboxylic acids is 1. The van der Waals surface area contributed by atoms with Crippen LogP contribution in [0.3, 0.4) is 0 Å². The van der Waals surface area contributed by atoms with Crippen molar-refractivity contribution in [3.05, 3.63) is 395 Å². The average molecular weight is 1630 g/mol. The minimum absolute atomic E-state index is 0.0104. The molecule has 15 rings (SSSR count). The molecule has 0 fully saturated rings. The smallest absolute Gasteiger partial charge is 0.331 e. The quantitative estimate of drug-likeness (QED) is 0.0921. The standard InChI is InChI=1S/C24H20.C10H14O2.2C10H16.C8H10O2.C8H12.C7H10O2.C7H10O.C7H10.2C6H8O2.C6H8/c1-4-10-19(11-5-1)22-16-23(20-12-6-2-7-13-20)18-24(17-22)21-14-8-3-9-15-21;1-7(2)8-3-5-9(6-4-8)10(11)12;2*1-8(2)10-6-4-9(3)5-7-10;1-2-6-3-4-7(9)8(10)5-6;1-8(2)6-4-3-5-7-8;1-5-3-2-4-6(8)7(5)9;1-8-7-5-3-2-4-6-7;1-7-5-3-2-4-6-7;2*7-5-3-1-2-4-6(5)8;1-2-4-6-5-3-1/h1-17,23H,18H2;3,5,7H,4,6H2,1-2H3,(H,11,12);4,6,8H,5,7H2,1-3H3;4-6,8,10H,7H2,1-3H3;2,4-6,9-10H,1,3H2;3-6H,7H2,1-2H3;2-4,6-9H,1H3;2-3,5H,4,6H2,1H3;3,5-6H,2,4H2,1H3;3-4,7-8H,1-2H2;1-8H;1-4H,5-6H2. The highest BCUT2D eigenvalue weighted by molar-refractivity contribution is 5.88. The summed E-state index contributed by atoms with van der Waals surface area (Å²) in [5.41, 5.74) is 15.7. The molecule has 11 nitrogen and oxygen atoms in total. The molecule has 0 aliphatic heterocycles. The molecule has 0 heterocycles. The number of benzene rings is 3. The molecule has 0 radical (unpaired) electrons. The third kappa shape index (κ3) is 42.9. The fourth-order valence-corrected chi connectivity index (χ4v) is 12.9. The van der Waals surface area contributed by atoms with Crippen LogP contribution in [0, 0.1) is 35.0 Å². The largest absolute Gasteiger partial charge is 0.504 e. The van der Waals surface area contributed by atoms with Crippen LogP contribution in [0.1, 0.15) is 208 Å². The summed E-state index contributed by atoms with van der Waals surface area (Å²) in [5.74, 6) is 3.69. The van der Waals surface area contributed by atoms with Gasteiger partial charge in [-0.25, -0.2) is 4.79 Å². The van der Waals surface area contributed by atoms with Crippen LogP contribution in [-0.4, -0.2) is 83.5 Å². The Morgan fingerprint density at radius 2 is 1.04 bits per heavy atom. The highest BCUT2D eigenvalue weighted by Gasteiger charge is 2.21. The first kappa shape index (κ1) is 102. The maximum atomic E-state index is 10.5. The molecule has 644 valence electrons. The summed E-state index contributed by atoms with van der Waals surface area (Å²) < 4.78 is 5.00. The molecule has 7 unspecified atom stereocenters. The number of methoxy groups -OCH3 is 1. The zero-order valence-electron chi connectivity index (χ0n) is 74.0. The van der Waals surface area contributed by atoms with E-state index in [0.29, 0.717) is 29.2 Å². The molecule has 9 N–H and O–H groups in total. The Morgan fingerprint density at radius 3 is 1.43 bits per heavy atom. The Labute approximate surface area is 721 Å². The minimum atomic E-state index is -0.783. The Kier molecular flexibility index (Phi) is 49.6. The Bertz CT molecular complexity index is 4340. The normalized spacial score (nSPS) is 22.0. The number of carbonyl (C=O) groups is 1. The number of aliphatic hydroxyl groups excluding tert-OH is 8. The van der Waals surface area contributed by atoms with Gasteiger partial charge in [0, 0.05) is 23.8 Å². The minimum Gasteiger partial charge on any atom is -0.504 e. The Morgan fingerprint density at radius 1 is 0.500 bits per heavy atom. The Hall–Kier alpha value is -10.5. The Balaban J connectivity index is 0.000000282. The van der Waals surface area contributed by atoms with Crippen LogP contribution in [0.15, 0.2) is 378 Å². The number of hydrogen-bond donors (Lipinski definition) is 9. The van der Waals surface area contributed by atoms with E-state index in [4.69, 9.17) is 50.7 Å². The summed E-state index contributed by atoms with van der Waals surface area (Å²) in [6.07, 6.45) is 83.9. The van der Waals surface area contributed by atoms with Crippen LogP contribution in [0.25, 0.3) is 11.1 Å². The summed E-state index contributed by atoms with van der Waals surface area (Å²) in [6.45, 7) is 29.7. The van der Waals surface area contributed by atoms with Crippen LogP contribution < -0.4 is 0 Å². The number of ether oxygens (including phenoxy) is 1. The molecule has 12 aliphatic carbocycles. The molecular formula is C109H142O11. The number of hydrogen-bond acceptors (Lipinski definition) is 10. The second-order valence-electron chi connectivity index (χ2n) is 32.7. The van der Waals surface area contributed by atoms with Gasteiger partial charge in [0.05, 0.1) is 12.9 Å². The van der Waals surface area contributed by atoms with Crippen LogP contribution in [0.4, 0.5) is 0 Å².